The lowest BCUT2D eigenvalue weighted by atomic mass is 9.99. The third-order valence-electron chi connectivity index (χ3n) is 5.63. The van der Waals surface area contributed by atoms with Crippen molar-refractivity contribution < 1.29 is 9.47 Å². The van der Waals surface area contributed by atoms with Crippen molar-refractivity contribution in [3.05, 3.63) is 12.4 Å². The molecule has 0 radical (unpaired) electrons. The summed E-state index contributed by atoms with van der Waals surface area (Å²) in [6.45, 7) is 6.36. The topological polar surface area (TPSA) is 54.0 Å². The molecule has 0 N–H and O–H groups in total. The van der Waals surface area contributed by atoms with E-state index in [0.717, 1.165) is 51.6 Å². The number of hydrogen-bond acceptors (Lipinski definition) is 7. The molecule has 3 aliphatic heterocycles. The molecule has 0 aromatic carbocycles. The zero-order valence-electron chi connectivity index (χ0n) is 14.6. The van der Waals surface area contributed by atoms with Crippen molar-refractivity contribution in [3.8, 4) is 5.88 Å². The van der Waals surface area contributed by atoms with Crippen LogP contribution in [0.2, 0.25) is 0 Å². The number of aromatic nitrogens is 2. The van der Waals surface area contributed by atoms with Gasteiger partial charge in [0.15, 0.2) is 0 Å². The predicted molar refractivity (Wildman–Crippen MR) is 91.6 cm³/mol. The van der Waals surface area contributed by atoms with E-state index in [1.54, 1.807) is 13.4 Å². The molecule has 0 aliphatic carbocycles. The molecule has 0 bridgehead atoms. The first-order chi connectivity index (χ1) is 11.8. The lowest BCUT2D eigenvalue weighted by molar-refractivity contribution is -0.0362. The SMILES string of the molecule is COc1cc(N2C[C@@H](N3CCN(C)CC3)[C@H]3OCCC[C@H]32)ncn1. The van der Waals surface area contributed by atoms with Gasteiger partial charge in [0.1, 0.15) is 12.1 Å². The molecule has 1 aromatic heterocycles. The average molecular weight is 333 g/mol. The highest BCUT2D eigenvalue weighted by Crippen LogP contribution is 2.35. The fourth-order valence-electron chi connectivity index (χ4n) is 4.27. The summed E-state index contributed by atoms with van der Waals surface area (Å²) in [6, 6.07) is 2.80. The smallest absolute Gasteiger partial charge is 0.218 e. The number of anilines is 1. The summed E-state index contributed by atoms with van der Waals surface area (Å²) < 4.78 is 11.5. The van der Waals surface area contributed by atoms with E-state index in [1.807, 2.05) is 6.07 Å². The Morgan fingerprint density at radius 2 is 2.00 bits per heavy atom. The van der Waals surface area contributed by atoms with E-state index in [4.69, 9.17) is 9.47 Å². The van der Waals surface area contributed by atoms with Gasteiger partial charge in [0.05, 0.1) is 25.3 Å². The maximum Gasteiger partial charge on any atom is 0.218 e. The minimum absolute atomic E-state index is 0.281. The molecule has 7 heteroatoms. The molecular weight excluding hydrogens is 306 g/mol. The second-order valence-electron chi connectivity index (χ2n) is 7.02. The van der Waals surface area contributed by atoms with Crippen LogP contribution >= 0.6 is 0 Å². The molecule has 3 fully saturated rings. The molecular formula is C17H27N5O2. The number of rotatable bonds is 3. The fraction of sp³-hybridized carbons (Fsp3) is 0.765. The Bertz CT molecular complexity index is 564. The lowest BCUT2D eigenvalue weighted by Gasteiger charge is -2.39. The van der Waals surface area contributed by atoms with E-state index in [9.17, 15) is 0 Å². The first-order valence-electron chi connectivity index (χ1n) is 8.93. The van der Waals surface area contributed by atoms with Crippen LogP contribution in [0.15, 0.2) is 12.4 Å². The Balaban J connectivity index is 1.56. The van der Waals surface area contributed by atoms with Crippen LogP contribution in [0.1, 0.15) is 12.8 Å². The fourth-order valence-corrected chi connectivity index (χ4v) is 4.27. The number of hydrogen-bond donors (Lipinski definition) is 0. The standard InChI is InChI=1S/C17H27N5O2/c1-20-5-7-21(8-6-20)14-11-22(13-4-3-9-24-17(13)14)15-10-16(23-2)19-12-18-15/h10,12-14,17H,3-9,11H2,1-2H3/t13-,14-,17+/m1/s1. The molecule has 3 aliphatic rings. The van der Waals surface area contributed by atoms with E-state index >= 15 is 0 Å². The van der Waals surface area contributed by atoms with Gasteiger partial charge in [-0.2, -0.15) is 0 Å². The van der Waals surface area contributed by atoms with Crippen molar-refractivity contribution in [2.24, 2.45) is 0 Å². The molecule has 3 saturated heterocycles. The zero-order chi connectivity index (χ0) is 16.5. The van der Waals surface area contributed by atoms with Gasteiger partial charge < -0.3 is 19.3 Å². The molecule has 24 heavy (non-hydrogen) atoms. The number of nitrogens with zero attached hydrogens (tertiary/aromatic N) is 5. The lowest BCUT2D eigenvalue weighted by Crippen LogP contribution is -2.54. The number of fused-ring (bicyclic) bond motifs is 1. The average Bonchev–Trinajstić information content (AvgIpc) is 3.02. The Kier molecular flexibility index (Phi) is 4.56. The van der Waals surface area contributed by atoms with Gasteiger partial charge in [0.25, 0.3) is 0 Å². The second-order valence-corrected chi connectivity index (χ2v) is 7.02. The number of ether oxygens (including phenoxy) is 2. The van der Waals surface area contributed by atoms with E-state index in [1.165, 1.54) is 6.42 Å². The first-order valence-corrected chi connectivity index (χ1v) is 8.93. The van der Waals surface area contributed by atoms with Gasteiger partial charge in [-0.05, 0) is 19.9 Å². The van der Waals surface area contributed by atoms with Crippen LogP contribution in [-0.2, 0) is 4.74 Å². The van der Waals surface area contributed by atoms with Crippen LogP contribution in [0.25, 0.3) is 0 Å². The summed E-state index contributed by atoms with van der Waals surface area (Å²) in [6.07, 6.45) is 4.16. The van der Waals surface area contributed by atoms with Crippen LogP contribution in [0.4, 0.5) is 5.82 Å². The highest BCUT2D eigenvalue weighted by Gasteiger charge is 2.47. The zero-order valence-corrected chi connectivity index (χ0v) is 14.6. The second kappa shape index (κ2) is 6.82. The molecule has 0 unspecified atom stereocenters. The van der Waals surface area contributed by atoms with Crippen molar-refractivity contribution in [2.45, 2.75) is 31.0 Å². The molecule has 0 amide bonds. The van der Waals surface area contributed by atoms with Crippen LogP contribution in [0.5, 0.6) is 5.88 Å². The summed E-state index contributed by atoms with van der Waals surface area (Å²) in [5.41, 5.74) is 0. The summed E-state index contributed by atoms with van der Waals surface area (Å²) in [5, 5.41) is 0. The van der Waals surface area contributed by atoms with Crippen LogP contribution < -0.4 is 9.64 Å². The summed E-state index contributed by atoms with van der Waals surface area (Å²) >= 11 is 0. The van der Waals surface area contributed by atoms with Gasteiger partial charge in [-0.1, -0.05) is 0 Å². The third-order valence-corrected chi connectivity index (χ3v) is 5.63. The largest absolute Gasteiger partial charge is 0.481 e. The predicted octanol–water partition coefficient (Wildman–Crippen LogP) is 0.469. The van der Waals surface area contributed by atoms with Gasteiger partial charge in [-0.15, -0.1) is 0 Å². The van der Waals surface area contributed by atoms with E-state index in [2.05, 4.69) is 31.7 Å². The van der Waals surface area contributed by atoms with Crippen molar-refractivity contribution in [1.82, 2.24) is 19.8 Å². The minimum Gasteiger partial charge on any atom is -0.481 e. The molecule has 4 rings (SSSR count). The number of likely N-dealkylation sites (N-methyl/N-ethyl adjacent to an activating group) is 1. The van der Waals surface area contributed by atoms with E-state index in [0.29, 0.717) is 18.0 Å². The van der Waals surface area contributed by atoms with Crippen LogP contribution in [-0.4, -0.2) is 91.4 Å². The van der Waals surface area contributed by atoms with Crippen molar-refractivity contribution in [3.63, 3.8) is 0 Å². The molecule has 0 saturated carbocycles. The Morgan fingerprint density at radius 1 is 1.17 bits per heavy atom. The van der Waals surface area contributed by atoms with Gasteiger partial charge >= 0.3 is 0 Å². The molecule has 7 nitrogen and oxygen atoms in total. The maximum atomic E-state index is 6.23. The van der Waals surface area contributed by atoms with Gasteiger partial charge in [-0.25, -0.2) is 9.97 Å². The van der Waals surface area contributed by atoms with Crippen LogP contribution in [0, 0.1) is 0 Å². The van der Waals surface area contributed by atoms with Crippen LogP contribution in [0.3, 0.4) is 0 Å². The molecule has 132 valence electrons. The first kappa shape index (κ1) is 16.1. The molecule has 1 aromatic rings. The summed E-state index contributed by atoms with van der Waals surface area (Å²) in [4.78, 5) is 16.1. The van der Waals surface area contributed by atoms with Gasteiger partial charge in [-0.3, -0.25) is 4.90 Å². The summed E-state index contributed by atoms with van der Waals surface area (Å²) in [5.74, 6) is 1.58. The van der Waals surface area contributed by atoms with Crippen molar-refractivity contribution in [1.29, 1.82) is 0 Å². The molecule has 0 spiro atoms. The third kappa shape index (κ3) is 2.96. The van der Waals surface area contributed by atoms with E-state index < -0.39 is 0 Å². The maximum absolute atomic E-state index is 6.23. The Labute approximate surface area is 143 Å². The molecule has 4 heterocycles. The van der Waals surface area contributed by atoms with Crippen molar-refractivity contribution >= 4 is 5.82 Å². The number of piperazine rings is 1. The monoisotopic (exact) mass is 333 g/mol. The molecule has 3 atom stereocenters. The van der Waals surface area contributed by atoms with Gasteiger partial charge in [0, 0.05) is 45.4 Å². The highest BCUT2D eigenvalue weighted by atomic mass is 16.5. The highest BCUT2D eigenvalue weighted by molar-refractivity contribution is 5.45. The van der Waals surface area contributed by atoms with Crippen molar-refractivity contribution in [2.75, 3.05) is 58.4 Å². The Morgan fingerprint density at radius 3 is 2.79 bits per heavy atom. The summed E-state index contributed by atoms with van der Waals surface area (Å²) in [7, 11) is 3.85. The minimum atomic E-state index is 0.281. The van der Waals surface area contributed by atoms with E-state index in [-0.39, 0.29) is 6.10 Å². The van der Waals surface area contributed by atoms with Gasteiger partial charge in [0.2, 0.25) is 5.88 Å². The Hall–Kier alpha value is -1.44. The normalized spacial score (nSPS) is 31.9. The number of methoxy groups -OCH3 is 1. The quantitative estimate of drug-likeness (QED) is 0.797.